The second kappa shape index (κ2) is 9.62. The van der Waals surface area contributed by atoms with Gasteiger partial charge in [0.2, 0.25) is 0 Å². The molecule has 4 aromatic rings. The molecule has 0 saturated carbocycles. The second-order valence-electron chi connectivity index (χ2n) is 7.65. The van der Waals surface area contributed by atoms with Crippen molar-refractivity contribution in [2.75, 3.05) is 14.2 Å². The fraction of sp³-hybridized carbons (Fsp3) is 0.200. The number of benzene rings is 3. The Labute approximate surface area is 185 Å². The first kappa shape index (κ1) is 23.0. The molecule has 0 bridgehead atoms. The molecule has 3 aromatic carbocycles. The normalized spacial score (nSPS) is 10.8. The van der Waals surface area contributed by atoms with Crippen LogP contribution in [0.15, 0.2) is 48.5 Å². The molecule has 7 heteroatoms. The van der Waals surface area contributed by atoms with E-state index in [9.17, 15) is 14.0 Å². The predicted molar refractivity (Wildman–Crippen MR) is 126 cm³/mol. The number of hydrogen-bond acceptors (Lipinski definition) is 4. The van der Waals surface area contributed by atoms with E-state index < -0.39 is 11.7 Å². The van der Waals surface area contributed by atoms with Crippen molar-refractivity contribution in [2.24, 2.45) is 5.73 Å². The molecule has 1 amide bonds. The highest BCUT2D eigenvalue weighted by Crippen LogP contribution is 2.34. The lowest BCUT2D eigenvalue weighted by Gasteiger charge is -2.08. The second-order valence-corrected chi connectivity index (χ2v) is 7.65. The van der Waals surface area contributed by atoms with Crippen molar-refractivity contribution in [3.05, 3.63) is 65.5 Å². The molecule has 1 aromatic heterocycles. The van der Waals surface area contributed by atoms with E-state index in [0.717, 1.165) is 22.6 Å². The summed E-state index contributed by atoms with van der Waals surface area (Å²) in [4.78, 5) is 26.3. The van der Waals surface area contributed by atoms with Gasteiger partial charge in [-0.15, -0.1) is 0 Å². The van der Waals surface area contributed by atoms with Crippen molar-refractivity contribution in [2.45, 2.75) is 19.9 Å². The highest BCUT2D eigenvalue weighted by atomic mass is 19.1. The number of carbonyl (C=O) groups is 2. The van der Waals surface area contributed by atoms with Gasteiger partial charge in [-0.25, -0.2) is 4.39 Å². The van der Waals surface area contributed by atoms with Gasteiger partial charge in [0.05, 0.1) is 18.2 Å². The molecule has 0 spiro atoms. The van der Waals surface area contributed by atoms with Crippen LogP contribution in [0.3, 0.4) is 0 Å². The first-order chi connectivity index (χ1) is 15.3. The summed E-state index contributed by atoms with van der Waals surface area (Å²) in [6.07, 6.45) is 0.760. The molecule has 0 saturated heterocycles. The molecular formula is C25H26FN3O3. The third-order valence-corrected chi connectivity index (χ3v) is 5.20. The molecule has 4 rings (SSSR count). The van der Waals surface area contributed by atoms with E-state index in [2.05, 4.69) is 24.1 Å². The van der Waals surface area contributed by atoms with E-state index in [-0.39, 0.29) is 5.75 Å². The van der Waals surface area contributed by atoms with Crippen molar-refractivity contribution >= 4 is 34.0 Å². The maximum Gasteiger partial charge on any atom is 0.250 e. The fourth-order valence-electron chi connectivity index (χ4n) is 3.30. The van der Waals surface area contributed by atoms with Crippen LogP contribution in [-0.2, 0) is 0 Å². The number of nitrogens with two attached hydrogens (primary N) is 1. The van der Waals surface area contributed by atoms with E-state index in [0.29, 0.717) is 33.8 Å². The molecule has 0 unspecified atom stereocenters. The average molecular weight is 435 g/mol. The van der Waals surface area contributed by atoms with Crippen LogP contribution < -0.4 is 15.8 Å². The summed E-state index contributed by atoms with van der Waals surface area (Å²) in [6.45, 7) is 4.22. The van der Waals surface area contributed by atoms with E-state index in [1.54, 1.807) is 30.3 Å². The number of aromatic nitrogens is 1. The first-order valence-electron chi connectivity index (χ1n) is 10.1. The van der Waals surface area contributed by atoms with Crippen molar-refractivity contribution in [3.63, 3.8) is 0 Å². The molecule has 1 heterocycles. The Balaban J connectivity index is 0.000000523. The topological polar surface area (TPSA) is 97.2 Å². The predicted octanol–water partition coefficient (Wildman–Crippen LogP) is 4.66. The maximum atomic E-state index is 14.1. The zero-order chi connectivity index (χ0) is 23.4. The number of ether oxygens (including phenoxy) is 1. The molecule has 32 heavy (non-hydrogen) atoms. The van der Waals surface area contributed by atoms with Crippen molar-refractivity contribution in [3.8, 4) is 16.9 Å². The molecular weight excluding hydrogens is 409 g/mol. The van der Waals surface area contributed by atoms with E-state index in [1.807, 2.05) is 13.1 Å². The van der Waals surface area contributed by atoms with Crippen LogP contribution in [0.2, 0.25) is 0 Å². The maximum absolute atomic E-state index is 14.1. The number of amides is 1. The van der Waals surface area contributed by atoms with Crippen LogP contribution in [-0.4, -0.2) is 37.4 Å². The lowest BCUT2D eigenvalue weighted by molar-refractivity contribution is 0.100. The number of halogens is 1. The van der Waals surface area contributed by atoms with Gasteiger partial charge in [0, 0.05) is 27.9 Å². The number of primary amides is 1. The highest BCUT2D eigenvalue weighted by Gasteiger charge is 2.16. The van der Waals surface area contributed by atoms with Crippen LogP contribution in [0.1, 0.15) is 34.6 Å². The van der Waals surface area contributed by atoms with E-state index >= 15 is 0 Å². The number of H-pyrrole nitrogens is 1. The smallest absolute Gasteiger partial charge is 0.250 e. The SMILES string of the molecule is CNC(C)C.COc1ccc(-c2cc(C(N)=O)c3[nH]c4ccc(C=O)cc4c3c2)cc1F. The lowest BCUT2D eigenvalue weighted by Crippen LogP contribution is -2.15. The van der Waals surface area contributed by atoms with Gasteiger partial charge in [-0.2, -0.15) is 0 Å². The van der Waals surface area contributed by atoms with Crippen molar-refractivity contribution in [1.29, 1.82) is 0 Å². The number of rotatable bonds is 5. The summed E-state index contributed by atoms with van der Waals surface area (Å²) < 4.78 is 19.1. The lowest BCUT2D eigenvalue weighted by atomic mass is 9.98. The molecule has 0 radical (unpaired) electrons. The third kappa shape index (κ3) is 4.63. The largest absolute Gasteiger partial charge is 0.494 e. The summed E-state index contributed by atoms with van der Waals surface area (Å²) in [5.41, 5.74) is 8.96. The number of methoxy groups -OCH3 is 1. The molecule has 0 aliphatic carbocycles. The minimum Gasteiger partial charge on any atom is -0.494 e. The van der Waals surface area contributed by atoms with Gasteiger partial charge in [-0.3, -0.25) is 9.59 Å². The van der Waals surface area contributed by atoms with Crippen LogP contribution >= 0.6 is 0 Å². The minimum atomic E-state index is -0.599. The number of fused-ring (bicyclic) bond motifs is 3. The van der Waals surface area contributed by atoms with E-state index in [4.69, 9.17) is 10.5 Å². The van der Waals surface area contributed by atoms with Crippen LogP contribution in [0.5, 0.6) is 5.75 Å². The number of nitrogens with one attached hydrogen (secondary N) is 2. The summed E-state index contributed by atoms with van der Waals surface area (Å²) in [5, 5.41) is 4.55. The Hall–Kier alpha value is -3.71. The van der Waals surface area contributed by atoms with Crippen LogP contribution in [0.4, 0.5) is 4.39 Å². The Morgan fingerprint density at radius 1 is 1.09 bits per heavy atom. The molecule has 4 N–H and O–H groups in total. The van der Waals surface area contributed by atoms with Gasteiger partial charge in [0.15, 0.2) is 11.6 Å². The third-order valence-electron chi connectivity index (χ3n) is 5.20. The zero-order valence-electron chi connectivity index (χ0n) is 18.5. The van der Waals surface area contributed by atoms with Crippen molar-refractivity contribution < 1.29 is 18.7 Å². The van der Waals surface area contributed by atoms with Gasteiger partial charge in [-0.05, 0) is 60.6 Å². The van der Waals surface area contributed by atoms with Gasteiger partial charge >= 0.3 is 0 Å². The van der Waals surface area contributed by atoms with Gasteiger partial charge in [0.25, 0.3) is 5.91 Å². The van der Waals surface area contributed by atoms with Crippen LogP contribution in [0, 0.1) is 5.82 Å². The number of hydrogen-bond donors (Lipinski definition) is 3. The molecule has 6 nitrogen and oxygen atoms in total. The molecule has 0 atom stereocenters. The zero-order valence-corrected chi connectivity index (χ0v) is 18.5. The molecule has 0 fully saturated rings. The standard InChI is InChI=1S/C21H15FN2O3.C4H11N/c1-27-19-5-3-12(9-17(19)22)13-7-15-14-6-11(10-25)2-4-18(14)24-20(15)16(8-13)21(23)26;1-4(2)5-3/h2-10,24H,1H3,(H2,23,26);4-5H,1-3H3. The minimum absolute atomic E-state index is 0.137. The molecule has 0 aliphatic rings. The van der Waals surface area contributed by atoms with Gasteiger partial charge in [0.1, 0.15) is 6.29 Å². The Kier molecular flexibility index (Phi) is 6.90. The van der Waals surface area contributed by atoms with Crippen LogP contribution in [0.25, 0.3) is 32.9 Å². The Morgan fingerprint density at radius 2 is 1.81 bits per heavy atom. The summed E-state index contributed by atoms with van der Waals surface area (Å²) in [5.74, 6) is -0.964. The summed E-state index contributed by atoms with van der Waals surface area (Å²) in [6, 6.07) is 13.9. The van der Waals surface area contributed by atoms with Crippen molar-refractivity contribution in [1.82, 2.24) is 10.3 Å². The van der Waals surface area contributed by atoms with E-state index in [1.165, 1.54) is 19.2 Å². The quantitative estimate of drug-likeness (QED) is 0.397. The fourth-order valence-corrected chi connectivity index (χ4v) is 3.30. The average Bonchev–Trinajstić information content (AvgIpc) is 3.16. The molecule has 166 valence electrons. The highest BCUT2D eigenvalue weighted by molar-refractivity contribution is 6.16. The number of aromatic amines is 1. The summed E-state index contributed by atoms with van der Waals surface area (Å²) >= 11 is 0. The first-order valence-corrected chi connectivity index (χ1v) is 10.1. The number of aldehydes is 1. The van der Waals surface area contributed by atoms with Gasteiger partial charge in [-0.1, -0.05) is 19.9 Å². The monoisotopic (exact) mass is 435 g/mol. The van der Waals surface area contributed by atoms with Gasteiger partial charge < -0.3 is 20.8 Å². The number of carbonyl (C=O) groups excluding carboxylic acids is 2. The summed E-state index contributed by atoms with van der Waals surface area (Å²) in [7, 11) is 3.34. The Bertz CT molecular complexity index is 1290. The Morgan fingerprint density at radius 3 is 2.38 bits per heavy atom. The molecule has 0 aliphatic heterocycles.